The maximum Gasteiger partial charge on any atom is 0.270 e. The largest absolute Gasteiger partial charge is 0.353 e. The summed E-state index contributed by atoms with van der Waals surface area (Å²) in [5.41, 5.74) is 1.01. The Morgan fingerprint density at radius 2 is 1.82 bits per heavy atom. The SMILES string of the molecule is CCC(=O)NC(C)C1(c2ccc(NC(=O)C(NC(=O)c3ccnn3CC)C3CCC(C)CC3)c(F)c2)CC1. The zero-order valence-electron chi connectivity index (χ0n) is 22.9. The molecule has 2 fully saturated rings. The fourth-order valence-corrected chi connectivity index (χ4v) is 5.73. The van der Waals surface area contributed by atoms with E-state index in [0.717, 1.165) is 44.1 Å². The van der Waals surface area contributed by atoms with Crippen LogP contribution in [0.2, 0.25) is 0 Å². The molecule has 206 valence electrons. The van der Waals surface area contributed by atoms with Crippen LogP contribution in [0.4, 0.5) is 10.1 Å². The molecule has 1 aromatic carbocycles. The van der Waals surface area contributed by atoms with E-state index in [1.54, 1.807) is 29.9 Å². The number of nitrogens with zero attached hydrogens (tertiary/aromatic N) is 2. The minimum atomic E-state index is -0.784. The molecule has 2 unspecified atom stereocenters. The van der Waals surface area contributed by atoms with Gasteiger partial charge >= 0.3 is 0 Å². The molecule has 2 aliphatic rings. The number of benzene rings is 1. The Morgan fingerprint density at radius 3 is 2.42 bits per heavy atom. The Morgan fingerprint density at radius 1 is 1.11 bits per heavy atom. The van der Waals surface area contributed by atoms with Crippen molar-refractivity contribution in [2.75, 3.05) is 5.32 Å². The normalized spacial score (nSPS) is 21.7. The topological polar surface area (TPSA) is 105 Å². The molecule has 2 aromatic rings. The number of nitrogens with one attached hydrogen (secondary N) is 3. The molecule has 1 heterocycles. The molecule has 0 spiro atoms. The van der Waals surface area contributed by atoms with Gasteiger partial charge in [-0.1, -0.05) is 32.8 Å². The summed E-state index contributed by atoms with van der Waals surface area (Å²) in [5, 5.41) is 12.8. The van der Waals surface area contributed by atoms with E-state index in [9.17, 15) is 14.4 Å². The molecule has 1 aromatic heterocycles. The molecule has 38 heavy (non-hydrogen) atoms. The van der Waals surface area contributed by atoms with Crippen LogP contribution in [-0.4, -0.2) is 39.6 Å². The van der Waals surface area contributed by atoms with Crippen molar-refractivity contribution < 1.29 is 18.8 Å². The van der Waals surface area contributed by atoms with Crippen molar-refractivity contribution in [2.45, 2.75) is 96.7 Å². The highest BCUT2D eigenvalue weighted by atomic mass is 19.1. The highest BCUT2D eigenvalue weighted by molar-refractivity contribution is 6.00. The van der Waals surface area contributed by atoms with Gasteiger partial charge in [0.15, 0.2) is 0 Å². The van der Waals surface area contributed by atoms with Gasteiger partial charge in [-0.05, 0) is 75.1 Å². The van der Waals surface area contributed by atoms with Crippen LogP contribution in [-0.2, 0) is 21.5 Å². The number of aryl methyl sites for hydroxylation is 1. The van der Waals surface area contributed by atoms with E-state index < -0.39 is 17.8 Å². The van der Waals surface area contributed by atoms with Gasteiger partial charge in [0.1, 0.15) is 17.6 Å². The molecule has 4 rings (SSSR count). The number of anilines is 1. The molecular formula is C29H40FN5O3. The number of aromatic nitrogens is 2. The predicted molar refractivity (Wildman–Crippen MR) is 144 cm³/mol. The van der Waals surface area contributed by atoms with Gasteiger partial charge in [-0.3, -0.25) is 19.1 Å². The van der Waals surface area contributed by atoms with Crippen molar-refractivity contribution in [1.82, 2.24) is 20.4 Å². The lowest BCUT2D eigenvalue weighted by Gasteiger charge is -2.32. The van der Waals surface area contributed by atoms with Gasteiger partial charge in [0, 0.05) is 30.6 Å². The van der Waals surface area contributed by atoms with Crippen LogP contribution < -0.4 is 16.0 Å². The van der Waals surface area contributed by atoms with Gasteiger partial charge in [-0.2, -0.15) is 5.10 Å². The fourth-order valence-electron chi connectivity index (χ4n) is 5.73. The molecule has 0 bridgehead atoms. The van der Waals surface area contributed by atoms with Crippen molar-refractivity contribution >= 4 is 23.4 Å². The van der Waals surface area contributed by atoms with Gasteiger partial charge in [-0.25, -0.2) is 4.39 Å². The monoisotopic (exact) mass is 525 g/mol. The van der Waals surface area contributed by atoms with Crippen LogP contribution >= 0.6 is 0 Å². The second-order valence-electron chi connectivity index (χ2n) is 11.0. The Balaban J connectivity index is 1.51. The van der Waals surface area contributed by atoms with Crippen molar-refractivity contribution in [2.24, 2.45) is 11.8 Å². The first-order chi connectivity index (χ1) is 18.2. The Hall–Kier alpha value is -3.23. The summed E-state index contributed by atoms with van der Waals surface area (Å²) in [6.07, 6.45) is 7.30. The smallest absolute Gasteiger partial charge is 0.270 e. The molecule has 2 atom stereocenters. The number of carbonyl (C=O) groups excluding carboxylic acids is 3. The average molecular weight is 526 g/mol. The summed E-state index contributed by atoms with van der Waals surface area (Å²) in [7, 11) is 0. The Bertz CT molecular complexity index is 1170. The first-order valence-electron chi connectivity index (χ1n) is 13.9. The lowest BCUT2D eigenvalue weighted by atomic mass is 9.79. The van der Waals surface area contributed by atoms with E-state index in [2.05, 4.69) is 28.0 Å². The third-order valence-electron chi connectivity index (χ3n) is 8.47. The van der Waals surface area contributed by atoms with Crippen LogP contribution in [0.25, 0.3) is 0 Å². The first-order valence-corrected chi connectivity index (χ1v) is 13.9. The lowest BCUT2D eigenvalue weighted by molar-refractivity contribution is -0.121. The second-order valence-corrected chi connectivity index (χ2v) is 11.0. The van der Waals surface area contributed by atoms with E-state index in [4.69, 9.17) is 0 Å². The Labute approximate surface area is 224 Å². The summed E-state index contributed by atoms with van der Waals surface area (Å²) in [6, 6.07) is 5.62. The van der Waals surface area contributed by atoms with Gasteiger partial charge in [0.05, 0.1) is 5.69 Å². The summed E-state index contributed by atoms with van der Waals surface area (Å²) in [4.78, 5) is 38.5. The van der Waals surface area contributed by atoms with Crippen LogP contribution in [0.3, 0.4) is 0 Å². The van der Waals surface area contributed by atoms with Gasteiger partial charge in [0.2, 0.25) is 11.8 Å². The minimum Gasteiger partial charge on any atom is -0.353 e. The zero-order chi connectivity index (χ0) is 27.4. The van der Waals surface area contributed by atoms with E-state index in [1.165, 1.54) is 6.07 Å². The van der Waals surface area contributed by atoms with Crippen molar-refractivity contribution in [3.63, 3.8) is 0 Å². The van der Waals surface area contributed by atoms with Crippen LogP contribution in [0.5, 0.6) is 0 Å². The number of halogens is 1. The molecular weight excluding hydrogens is 485 g/mol. The third-order valence-corrected chi connectivity index (χ3v) is 8.47. The van der Waals surface area contributed by atoms with E-state index in [1.807, 2.05) is 19.9 Å². The van der Waals surface area contributed by atoms with E-state index in [0.29, 0.717) is 24.6 Å². The van der Waals surface area contributed by atoms with Crippen molar-refractivity contribution in [3.8, 4) is 0 Å². The molecule has 0 aliphatic heterocycles. The molecule has 8 nitrogen and oxygen atoms in total. The number of rotatable bonds is 10. The van der Waals surface area contributed by atoms with Crippen molar-refractivity contribution in [3.05, 3.63) is 47.5 Å². The molecule has 0 radical (unpaired) electrons. The van der Waals surface area contributed by atoms with Crippen molar-refractivity contribution in [1.29, 1.82) is 0 Å². The third kappa shape index (κ3) is 5.92. The Kier molecular flexibility index (Phi) is 8.53. The van der Waals surface area contributed by atoms with E-state index >= 15 is 4.39 Å². The zero-order valence-corrected chi connectivity index (χ0v) is 22.9. The van der Waals surface area contributed by atoms with Gasteiger partial charge in [0.25, 0.3) is 5.91 Å². The number of amides is 3. The summed E-state index contributed by atoms with van der Waals surface area (Å²) < 4.78 is 16.9. The van der Waals surface area contributed by atoms with E-state index in [-0.39, 0.29) is 34.9 Å². The molecule has 2 aliphatic carbocycles. The average Bonchev–Trinajstić information content (AvgIpc) is 3.58. The van der Waals surface area contributed by atoms with Gasteiger partial charge < -0.3 is 16.0 Å². The van der Waals surface area contributed by atoms with Crippen LogP contribution in [0, 0.1) is 17.7 Å². The lowest BCUT2D eigenvalue weighted by Crippen LogP contribution is -2.49. The quantitative estimate of drug-likeness (QED) is 0.423. The summed E-state index contributed by atoms with van der Waals surface area (Å²) in [5.74, 6) is -0.790. The number of carbonyl (C=O) groups is 3. The highest BCUT2D eigenvalue weighted by Crippen LogP contribution is 2.51. The first kappa shape index (κ1) is 27.8. The molecule has 9 heteroatoms. The minimum absolute atomic E-state index is 0.0275. The maximum atomic E-state index is 15.3. The molecule has 3 N–H and O–H groups in total. The molecule has 3 amide bonds. The highest BCUT2D eigenvalue weighted by Gasteiger charge is 2.49. The predicted octanol–water partition coefficient (Wildman–Crippen LogP) is 4.55. The van der Waals surface area contributed by atoms with Crippen LogP contribution in [0.1, 0.15) is 88.7 Å². The summed E-state index contributed by atoms with van der Waals surface area (Å²) >= 11 is 0. The fraction of sp³-hybridized carbons (Fsp3) is 0.586. The maximum absolute atomic E-state index is 15.3. The second kappa shape index (κ2) is 11.7. The standard InChI is InChI=1S/C29H40FN5O3/c1-5-25(36)32-19(4)29(14-15-29)21-11-12-23(22(30)17-21)33-28(38)26(20-9-7-18(3)8-10-20)34-27(37)24-13-16-31-35(24)6-2/h11-13,16-20,26H,5-10,14-15H2,1-4H3,(H,32,36)(H,33,38)(H,34,37). The number of hydrogen-bond donors (Lipinski definition) is 3. The molecule has 0 saturated heterocycles. The summed E-state index contributed by atoms with van der Waals surface area (Å²) in [6.45, 7) is 8.39. The molecule has 2 saturated carbocycles. The van der Waals surface area contributed by atoms with Gasteiger partial charge in [-0.15, -0.1) is 0 Å². The van der Waals surface area contributed by atoms with Crippen LogP contribution in [0.15, 0.2) is 30.5 Å². The number of hydrogen-bond acceptors (Lipinski definition) is 4.